The van der Waals surface area contributed by atoms with Crippen LogP contribution >= 0.6 is 0 Å². The van der Waals surface area contributed by atoms with Crippen molar-refractivity contribution in [3.63, 3.8) is 0 Å². The van der Waals surface area contributed by atoms with Crippen LogP contribution in [0, 0.1) is 0 Å². The van der Waals surface area contributed by atoms with Gasteiger partial charge in [0.1, 0.15) is 11.3 Å². The Bertz CT molecular complexity index is 1230. The van der Waals surface area contributed by atoms with Crippen LogP contribution in [0.1, 0.15) is 0 Å². The van der Waals surface area contributed by atoms with Gasteiger partial charge in [-0.25, -0.2) is 15.0 Å². The molecule has 0 bridgehead atoms. The summed E-state index contributed by atoms with van der Waals surface area (Å²) in [6, 6.07) is 9.84. The molecule has 1 aromatic carbocycles. The van der Waals surface area contributed by atoms with Crippen molar-refractivity contribution in [1.82, 2.24) is 24.5 Å². The minimum atomic E-state index is -0.0214. The van der Waals surface area contributed by atoms with E-state index in [4.69, 9.17) is 0 Å². The Hall–Kier alpha value is -3.55. The highest BCUT2D eigenvalue weighted by Crippen LogP contribution is 2.22. The molecule has 0 radical (unpaired) electrons. The highest BCUT2D eigenvalue weighted by Gasteiger charge is 2.19. The summed E-state index contributed by atoms with van der Waals surface area (Å²) >= 11 is 0. The molecule has 1 aliphatic heterocycles. The van der Waals surface area contributed by atoms with Crippen LogP contribution in [0.4, 0.5) is 11.5 Å². The van der Waals surface area contributed by atoms with E-state index in [1.807, 2.05) is 30.3 Å². The molecule has 0 saturated carbocycles. The summed E-state index contributed by atoms with van der Waals surface area (Å²) in [7, 11) is 1.72. The fourth-order valence-corrected chi connectivity index (χ4v) is 3.61. The van der Waals surface area contributed by atoms with E-state index in [9.17, 15) is 4.79 Å². The van der Waals surface area contributed by atoms with E-state index < -0.39 is 0 Å². The van der Waals surface area contributed by atoms with Crippen LogP contribution in [0.2, 0.25) is 0 Å². The quantitative estimate of drug-likeness (QED) is 0.528. The monoisotopic (exact) mass is 373 g/mol. The van der Waals surface area contributed by atoms with Crippen LogP contribution in [-0.2, 0) is 7.05 Å². The van der Waals surface area contributed by atoms with E-state index in [2.05, 4.69) is 29.7 Å². The zero-order valence-electron chi connectivity index (χ0n) is 15.5. The zero-order chi connectivity index (χ0) is 19.1. The number of fused-ring (bicyclic) bond motifs is 2. The van der Waals surface area contributed by atoms with Gasteiger partial charge in [-0.05, 0) is 30.3 Å². The van der Waals surface area contributed by atoms with E-state index in [0.717, 1.165) is 48.7 Å². The van der Waals surface area contributed by atoms with Crippen molar-refractivity contribution in [2.45, 2.75) is 0 Å². The molecule has 8 heteroatoms. The van der Waals surface area contributed by atoms with E-state index in [-0.39, 0.29) is 5.56 Å². The van der Waals surface area contributed by atoms with E-state index >= 15 is 0 Å². The van der Waals surface area contributed by atoms with Gasteiger partial charge in [0.25, 0.3) is 5.56 Å². The highest BCUT2D eigenvalue weighted by atomic mass is 16.1. The minimum Gasteiger partial charge on any atom is -0.368 e. The lowest BCUT2D eigenvalue weighted by atomic mass is 10.2. The molecule has 4 aromatic rings. The molecule has 0 spiro atoms. The summed E-state index contributed by atoms with van der Waals surface area (Å²) < 4.78 is 1.50. The molecule has 140 valence electrons. The van der Waals surface area contributed by atoms with Crippen molar-refractivity contribution in [1.29, 1.82) is 0 Å². The van der Waals surface area contributed by atoms with Gasteiger partial charge >= 0.3 is 0 Å². The Morgan fingerprint density at radius 2 is 1.64 bits per heavy atom. The first kappa shape index (κ1) is 16.6. The molecule has 0 N–H and O–H groups in total. The lowest BCUT2D eigenvalue weighted by Crippen LogP contribution is -2.46. The highest BCUT2D eigenvalue weighted by molar-refractivity contribution is 5.81. The van der Waals surface area contributed by atoms with Crippen molar-refractivity contribution in [2.24, 2.45) is 7.05 Å². The van der Waals surface area contributed by atoms with Gasteiger partial charge in [0, 0.05) is 51.3 Å². The SMILES string of the molecule is Cn1cnc2cc(N3CCN(c4ccc5nccnc5n4)CC3)ccc2c1=O. The second-order valence-electron chi connectivity index (χ2n) is 6.90. The molecule has 0 amide bonds. The Morgan fingerprint density at radius 3 is 2.50 bits per heavy atom. The predicted octanol–water partition coefficient (Wildman–Crippen LogP) is 1.60. The van der Waals surface area contributed by atoms with Crippen LogP contribution in [0.25, 0.3) is 22.1 Å². The lowest BCUT2D eigenvalue weighted by molar-refractivity contribution is 0.648. The minimum absolute atomic E-state index is 0.0214. The van der Waals surface area contributed by atoms with Crippen LogP contribution in [0.3, 0.4) is 0 Å². The molecular weight excluding hydrogens is 354 g/mol. The normalized spacial score (nSPS) is 14.8. The summed E-state index contributed by atoms with van der Waals surface area (Å²) in [5, 5.41) is 0.647. The van der Waals surface area contributed by atoms with E-state index in [0.29, 0.717) is 11.0 Å². The third-order valence-corrected chi connectivity index (χ3v) is 5.19. The van der Waals surface area contributed by atoms with Crippen molar-refractivity contribution in [3.05, 3.63) is 59.4 Å². The van der Waals surface area contributed by atoms with Crippen molar-refractivity contribution >= 4 is 33.6 Å². The van der Waals surface area contributed by atoms with Gasteiger partial charge < -0.3 is 14.4 Å². The maximum atomic E-state index is 12.2. The summed E-state index contributed by atoms with van der Waals surface area (Å²) in [5.41, 5.74) is 3.28. The molecule has 0 atom stereocenters. The number of pyridine rings is 1. The van der Waals surface area contributed by atoms with Gasteiger partial charge in [-0.15, -0.1) is 0 Å². The molecule has 4 heterocycles. The number of piperazine rings is 1. The van der Waals surface area contributed by atoms with Gasteiger partial charge in [-0.1, -0.05) is 0 Å². The number of hydrogen-bond donors (Lipinski definition) is 0. The van der Waals surface area contributed by atoms with Gasteiger partial charge in [0.15, 0.2) is 5.65 Å². The van der Waals surface area contributed by atoms with Gasteiger partial charge in [-0.3, -0.25) is 9.78 Å². The third-order valence-electron chi connectivity index (χ3n) is 5.19. The number of rotatable bonds is 2. The Balaban J connectivity index is 1.35. The maximum Gasteiger partial charge on any atom is 0.260 e. The fraction of sp³-hybridized carbons (Fsp3) is 0.250. The molecular formula is C20H19N7O. The maximum absolute atomic E-state index is 12.2. The van der Waals surface area contributed by atoms with E-state index in [1.165, 1.54) is 4.57 Å². The number of nitrogens with zero attached hydrogens (tertiary/aromatic N) is 7. The Labute approximate surface area is 161 Å². The molecule has 8 nitrogen and oxygen atoms in total. The molecule has 3 aromatic heterocycles. The lowest BCUT2D eigenvalue weighted by Gasteiger charge is -2.36. The smallest absolute Gasteiger partial charge is 0.260 e. The molecule has 1 aliphatic rings. The van der Waals surface area contributed by atoms with Crippen molar-refractivity contribution in [3.8, 4) is 0 Å². The van der Waals surface area contributed by atoms with Gasteiger partial charge in [0.05, 0.1) is 17.2 Å². The number of benzene rings is 1. The Kier molecular flexibility index (Phi) is 3.89. The van der Waals surface area contributed by atoms with Gasteiger partial charge in [0.2, 0.25) is 0 Å². The molecule has 0 aliphatic carbocycles. The molecule has 1 saturated heterocycles. The largest absolute Gasteiger partial charge is 0.368 e. The first-order valence-corrected chi connectivity index (χ1v) is 9.22. The summed E-state index contributed by atoms with van der Waals surface area (Å²) in [4.78, 5) is 34.4. The first-order valence-electron chi connectivity index (χ1n) is 9.22. The topological polar surface area (TPSA) is 80.0 Å². The van der Waals surface area contributed by atoms with Gasteiger partial charge in [-0.2, -0.15) is 0 Å². The molecule has 1 fully saturated rings. The zero-order valence-corrected chi connectivity index (χ0v) is 15.5. The average molecular weight is 373 g/mol. The summed E-state index contributed by atoms with van der Waals surface area (Å²) in [5.74, 6) is 0.927. The predicted molar refractivity (Wildman–Crippen MR) is 109 cm³/mol. The molecule has 0 unspecified atom stereocenters. The van der Waals surface area contributed by atoms with Crippen LogP contribution in [-0.4, -0.2) is 50.7 Å². The van der Waals surface area contributed by atoms with Crippen molar-refractivity contribution < 1.29 is 0 Å². The number of hydrogen-bond acceptors (Lipinski definition) is 7. The number of aromatic nitrogens is 5. The number of aryl methyl sites for hydroxylation is 1. The molecule has 28 heavy (non-hydrogen) atoms. The van der Waals surface area contributed by atoms with E-state index in [1.54, 1.807) is 25.8 Å². The molecule has 5 rings (SSSR count). The van der Waals surface area contributed by atoms with Crippen LogP contribution in [0.15, 0.2) is 53.8 Å². The standard InChI is InChI=1S/C20H19N7O/c1-25-13-23-17-12-14(2-3-15(17)20(25)28)26-8-10-27(11-9-26)18-5-4-16-19(24-18)22-7-6-21-16/h2-7,12-13H,8-11H2,1H3. The average Bonchev–Trinajstić information content (AvgIpc) is 2.76. The Morgan fingerprint density at radius 1 is 0.857 bits per heavy atom. The second kappa shape index (κ2) is 6.56. The van der Waals surface area contributed by atoms with Crippen LogP contribution < -0.4 is 15.4 Å². The third kappa shape index (κ3) is 2.83. The first-order chi connectivity index (χ1) is 13.7. The van der Waals surface area contributed by atoms with Crippen LogP contribution in [0.5, 0.6) is 0 Å². The summed E-state index contributed by atoms with van der Waals surface area (Å²) in [6.07, 6.45) is 4.91. The van der Waals surface area contributed by atoms with Crippen molar-refractivity contribution in [2.75, 3.05) is 36.0 Å². The number of anilines is 2. The fourth-order valence-electron chi connectivity index (χ4n) is 3.61. The second-order valence-corrected chi connectivity index (χ2v) is 6.90. The summed E-state index contributed by atoms with van der Waals surface area (Å²) in [6.45, 7) is 3.47.